The molecule has 0 fully saturated rings. The van der Waals surface area contributed by atoms with Crippen molar-refractivity contribution in [2.75, 3.05) is 18.9 Å². The number of hydrogen-bond acceptors (Lipinski definition) is 3. The number of hydrogen-bond donors (Lipinski definition) is 3. The molecule has 0 unspecified atom stereocenters. The molecule has 0 aliphatic heterocycles. The monoisotopic (exact) mass is 276 g/mol. The molecule has 7 heteroatoms. The maximum Gasteiger partial charge on any atom is 0.337 e. The third-order valence-electron chi connectivity index (χ3n) is 1.93. The van der Waals surface area contributed by atoms with Gasteiger partial charge in [-0.25, -0.2) is 4.79 Å². The molecule has 17 heavy (non-hydrogen) atoms. The summed E-state index contributed by atoms with van der Waals surface area (Å²) in [6, 6.07) is 2.65. The number of likely N-dealkylation sites (N-methyl/N-ethyl adjacent to an activating group) is 1. The Morgan fingerprint density at radius 1 is 1.35 bits per heavy atom. The van der Waals surface area contributed by atoms with E-state index in [1.807, 2.05) is 0 Å². The van der Waals surface area contributed by atoms with Crippen molar-refractivity contribution in [2.45, 2.75) is 0 Å². The van der Waals surface area contributed by atoms with Crippen molar-refractivity contribution in [3.63, 3.8) is 0 Å². The number of carbonyl (C=O) groups excluding carboxylic acids is 1. The van der Waals surface area contributed by atoms with E-state index in [-0.39, 0.29) is 27.8 Å². The van der Waals surface area contributed by atoms with Crippen LogP contribution in [-0.4, -0.2) is 30.6 Å². The van der Waals surface area contributed by atoms with Gasteiger partial charge in [-0.1, -0.05) is 23.2 Å². The van der Waals surface area contributed by atoms with Crippen LogP contribution in [0.25, 0.3) is 0 Å². The van der Waals surface area contributed by atoms with Gasteiger partial charge in [-0.05, 0) is 19.2 Å². The lowest BCUT2D eigenvalue weighted by Gasteiger charge is -2.11. The van der Waals surface area contributed by atoms with Crippen molar-refractivity contribution < 1.29 is 14.7 Å². The normalized spacial score (nSPS) is 10.1. The number of rotatable bonds is 4. The molecule has 0 aliphatic carbocycles. The molecule has 0 aromatic heterocycles. The summed E-state index contributed by atoms with van der Waals surface area (Å²) in [5.74, 6) is -1.59. The fourth-order valence-corrected chi connectivity index (χ4v) is 1.56. The summed E-state index contributed by atoms with van der Waals surface area (Å²) in [5.41, 5.74) is -0.101. The summed E-state index contributed by atoms with van der Waals surface area (Å²) in [6.07, 6.45) is 0. The van der Waals surface area contributed by atoms with Crippen molar-refractivity contribution in [3.05, 3.63) is 27.7 Å². The van der Waals surface area contributed by atoms with Crippen LogP contribution < -0.4 is 10.6 Å². The molecule has 1 aromatic rings. The van der Waals surface area contributed by atoms with Crippen LogP contribution in [0.4, 0.5) is 5.69 Å². The van der Waals surface area contributed by atoms with Crippen LogP contribution >= 0.6 is 23.2 Å². The number of nitrogens with one attached hydrogen (secondary N) is 2. The van der Waals surface area contributed by atoms with Crippen LogP contribution in [0.5, 0.6) is 0 Å². The molecule has 1 rings (SSSR count). The smallest absolute Gasteiger partial charge is 0.337 e. The summed E-state index contributed by atoms with van der Waals surface area (Å²) < 4.78 is 0. The minimum absolute atomic E-state index is 0.00640. The predicted octanol–water partition coefficient (Wildman–Crippen LogP) is 1.85. The SMILES string of the molecule is CNCC(=O)Nc1c(C(=O)O)ccc(Cl)c1Cl. The number of carbonyl (C=O) groups is 2. The summed E-state index contributed by atoms with van der Waals surface area (Å²) in [4.78, 5) is 22.3. The molecule has 1 aromatic carbocycles. The van der Waals surface area contributed by atoms with Crippen LogP contribution in [-0.2, 0) is 4.79 Å². The predicted molar refractivity (Wildman–Crippen MR) is 66.0 cm³/mol. The Labute approximate surface area is 108 Å². The van der Waals surface area contributed by atoms with E-state index in [9.17, 15) is 9.59 Å². The Kier molecular flexibility index (Phi) is 4.74. The highest BCUT2D eigenvalue weighted by Crippen LogP contribution is 2.33. The van der Waals surface area contributed by atoms with E-state index in [4.69, 9.17) is 28.3 Å². The second kappa shape index (κ2) is 5.86. The molecule has 0 radical (unpaired) electrons. The van der Waals surface area contributed by atoms with Gasteiger partial charge in [0.25, 0.3) is 0 Å². The molecule has 0 saturated carbocycles. The highest BCUT2D eigenvalue weighted by Gasteiger charge is 2.17. The van der Waals surface area contributed by atoms with Gasteiger partial charge in [0, 0.05) is 0 Å². The van der Waals surface area contributed by atoms with E-state index >= 15 is 0 Å². The average molecular weight is 277 g/mol. The number of carboxylic acids is 1. The highest BCUT2D eigenvalue weighted by atomic mass is 35.5. The standard InChI is InChI=1S/C10H10Cl2N2O3/c1-13-4-7(15)14-9-5(10(16)17)2-3-6(11)8(9)12/h2-3,13H,4H2,1H3,(H,14,15)(H,16,17). The Bertz CT molecular complexity index is 463. The van der Waals surface area contributed by atoms with Crippen LogP contribution in [0.15, 0.2) is 12.1 Å². The van der Waals surface area contributed by atoms with Gasteiger partial charge in [-0.3, -0.25) is 4.79 Å². The van der Waals surface area contributed by atoms with E-state index in [1.54, 1.807) is 7.05 Å². The zero-order chi connectivity index (χ0) is 13.0. The Balaban J connectivity index is 3.14. The summed E-state index contributed by atoms with van der Waals surface area (Å²) in [5, 5.41) is 14.2. The Morgan fingerprint density at radius 2 is 2.00 bits per heavy atom. The number of carboxylic acid groups (broad SMARTS) is 1. The molecular weight excluding hydrogens is 267 g/mol. The van der Waals surface area contributed by atoms with Gasteiger partial charge in [0.1, 0.15) is 0 Å². The van der Waals surface area contributed by atoms with Gasteiger partial charge in [-0.15, -0.1) is 0 Å². The lowest BCUT2D eigenvalue weighted by Crippen LogP contribution is -2.26. The molecule has 1 amide bonds. The summed E-state index contributed by atoms with van der Waals surface area (Å²) in [7, 11) is 1.59. The van der Waals surface area contributed by atoms with Gasteiger partial charge < -0.3 is 15.7 Å². The van der Waals surface area contributed by atoms with Crippen molar-refractivity contribution >= 4 is 40.8 Å². The maximum atomic E-state index is 11.4. The van der Waals surface area contributed by atoms with E-state index in [0.717, 1.165) is 0 Å². The number of aromatic carboxylic acids is 1. The third-order valence-corrected chi connectivity index (χ3v) is 2.73. The Hall–Kier alpha value is -1.30. The van der Waals surface area contributed by atoms with Crippen LogP contribution in [0.1, 0.15) is 10.4 Å². The maximum absolute atomic E-state index is 11.4. The molecule has 0 atom stereocenters. The minimum atomic E-state index is -1.19. The number of benzene rings is 1. The number of anilines is 1. The van der Waals surface area contributed by atoms with Gasteiger partial charge in [0.05, 0.1) is 27.8 Å². The van der Waals surface area contributed by atoms with E-state index in [2.05, 4.69) is 10.6 Å². The molecule has 92 valence electrons. The van der Waals surface area contributed by atoms with Crippen molar-refractivity contribution in [2.24, 2.45) is 0 Å². The van der Waals surface area contributed by atoms with Crippen LogP contribution in [0.2, 0.25) is 10.0 Å². The number of amides is 1. The second-order valence-electron chi connectivity index (χ2n) is 3.17. The quantitative estimate of drug-likeness (QED) is 0.784. The van der Waals surface area contributed by atoms with Crippen molar-refractivity contribution in [1.29, 1.82) is 0 Å². The molecule has 3 N–H and O–H groups in total. The molecular formula is C10H10Cl2N2O3. The van der Waals surface area contributed by atoms with Gasteiger partial charge >= 0.3 is 5.97 Å². The number of halogens is 2. The van der Waals surface area contributed by atoms with Crippen molar-refractivity contribution in [3.8, 4) is 0 Å². The summed E-state index contributed by atoms with van der Waals surface area (Å²) >= 11 is 11.6. The Morgan fingerprint density at radius 3 is 2.53 bits per heavy atom. The zero-order valence-corrected chi connectivity index (χ0v) is 10.4. The topological polar surface area (TPSA) is 78.4 Å². The van der Waals surface area contributed by atoms with E-state index in [1.165, 1.54) is 12.1 Å². The van der Waals surface area contributed by atoms with E-state index in [0.29, 0.717) is 0 Å². The molecule has 5 nitrogen and oxygen atoms in total. The fourth-order valence-electron chi connectivity index (χ4n) is 1.20. The first-order valence-corrected chi connectivity index (χ1v) is 5.38. The minimum Gasteiger partial charge on any atom is -0.478 e. The van der Waals surface area contributed by atoms with Crippen LogP contribution in [0, 0.1) is 0 Å². The van der Waals surface area contributed by atoms with E-state index < -0.39 is 11.9 Å². The molecule has 0 saturated heterocycles. The largest absolute Gasteiger partial charge is 0.478 e. The summed E-state index contributed by atoms with van der Waals surface area (Å²) in [6.45, 7) is 0.0436. The first-order chi connectivity index (χ1) is 7.97. The third kappa shape index (κ3) is 3.33. The van der Waals surface area contributed by atoms with Gasteiger partial charge in [-0.2, -0.15) is 0 Å². The second-order valence-corrected chi connectivity index (χ2v) is 3.95. The van der Waals surface area contributed by atoms with Gasteiger partial charge in [0.2, 0.25) is 5.91 Å². The molecule has 0 aliphatic rings. The molecule has 0 bridgehead atoms. The first kappa shape index (κ1) is 13.8. The average Bonchev–Trinajstić information content (AvgIpc) is 2.25. The van der Waals surface area contributed by atoms with Crippen molar-refractivity contribution in [1.82, 2.24) is 5.32 Å². The molecule has 0 heterocycles. The molecule has 0 spiro atoms. The first-order valence-electron chi connectivity index (χ1n) is 4.63. The highest BCUT2D eigenvalue weighted by molar-refractivity contribution is 6.44. The lowest BCUT2D eigenvalue weighted by atomic mass is 10.1. The van der Waals surface area contributed by atoms with Gasteiger partial charge in [0.15, 0.2) is 0 Å². The van der Waals surface area contributed by atoms with Crippen LogP contribution in [0.3, 0.4) is 0 Å². The fraction of sp³-hybridized carbons (Fsp3) is 0.200. The lowest BCUT2D eigenvalue weighted by molar-refractivity contribution is -0.115. The zero-order valence-electron chi connectivity index (χ0n) is 8.88.